The summed E-state index contributed by atoms with van der Waals surface area (Å²) in [5.41, 5.74) is 5.47. The van der Waals surface area contributed by atoms with Gasteiger partial charge in [0.05, 0.1) is 5.84 Å². The summed E-state index contributed by atoms with van der Waals surface area (Å²) >= 11 is 0. The Morgan fingerprint density at radius 3 is 2.56 bits per heavy atom. The standard InChI is InChI=1S/C14H30N4/c1-14(2,13(15)16)8-5-6-9-18-10-7-12(11-18)17(3)4/h12H,5-11H2,1-4H3,(H3,15,16). The van der Waals surface area contributed by atoms with Crippen LogP contribution in [0.25, 0.3) is 0 Å². The van der Waals surface area contributed by atoms with Crippen molar-refractivity contribution in [2.75, 3.05) is 33.7 Å². The van der Waals surface area contributed by atoms with Crippen LogP contribution >= 0.6 is 0 Å². The number of likely N-dealkylation sites (tertiary alicyclic amines) is 1. The van der Waals surface area contributed by atoms with Crippen LogP contribution in [0.15, 0.2) is 0 Å². The Kier molecular flexibility index (Phi) is 5.60. The first-order chi connectivity index (χ1) is 8.33. The highest BCUT2D eigenvalue weighted by Crippen LogP contribution is 2.23. The molecule has 4 nitrogen and oxygen atoms in total. The second-order valence-electron chi connectivity index (χ2n) is 6.46. The summed E-state index contributed by atoms with van der Waals surface area (Å²) < 4.78 is 0. The molecule has 0 aromatic heterocycles. The monoisotopic (exact) mass is 254 g/mol. The number of amidine groups is 1. The lowest BCUT2D eigenvalue weighted by Gasteiger charge is -2.24. The first kappa shape index (κ1) is 15.4. The van der Waals surface area contributed by atoms with E-state index in [9.17, 15) is 0 Å². The van der Waals surface area contributed by atoms with Gasteiger partial charge in [-0.05, 0) is 46.4 Å². The average molecular weight is 254 g/mol. The number of rotatable bonds is 7. The molecular weight excluding hydrogens is 224 g/mol. The minimum atomic E-state index is -0.128. The third-order valence-corrected chi connectivity index (χ3v) is 4.23. The highest BCUT2D eigenvalue weighted by molar-refractivity contribution is 5.82. The molecule has 4 heteroatoms. The van der Waals surface area contributed by atoms with Crippen LogP contribution in [0.5, 0.6) is 0 Å². The molecule has 0 saturated carbocycles. The maximum absolute atomic E-state index is 7.53. The molecule has 106 valence electrons. The Morgan fingerprint density at radius 2 is 2.06 bits per heavy atom. The minimum Gasteiger partial charge on any atom is -0.387 e. The van der Waals surface area contributed by atoms with Gasteiger partial charge in [-0.25, -0.2) is 0 Å². The van der Waals surface area contributed by atoms with Crippen LogP contribution in [0.2, 0.25) is 0 Å². The van der Waals surface area contributed by atoms with E-state index in [0.29, 0.717) is 5.84 Å². The van der Waals surface area contributed by atoms with E-state index >= 15 is 0 Å². The summed E-state index contributed by atoms with van der Waals surface area (Å²) in [5.74, 6) is 0.316. The molecule has 0 aromatic rings. The molecular formula is C14H30N4. The molecule has 0 aliphatic carbocycles. The second-order valence-corrected chi connectivity index (χ2v) is 6.46. The third kappa shape index (κ3) is 4.58. The van der Waals surface area contributed by atoms with Gasteiger partial charge in [0.2, 0.25) is 0 Å². The van der Waals surface area contributed by atoms with Gasteiger partial charge in [0.1, 0.15) is 0 Å². The average Bonchev–Trinajstić information content (AvgIpc) is 2.73. The van der Waals surface area contributed by atoms with Gasteiger partial charge in [-0.1, -0.05) is 20.3 Å². The van der Waals surface area contributed by atoms with Crippen LogP contribution in [0.3, 0.4) is 0 Å². The summed E-state index contributed by atoms with van der Waals surface area (Å²) in [6.07, 6.45) is 4.70. The molecule has 1 atom stereocenters. The van der Waals surface area contributed by atoms with E-state index < -0.39 is 0 Å². The smallest absolute Gasteiger partial charge is 0.0963 e. The van der Waals surface area contributed by atoms with E-state index in [4.69, 9.17) is 11.1 Å². The molecule has 3 N–H and O–H groups in total. The Morgan fingerprint density at radius 1 is 1.39 bits per heavy atom. The first-order valence-corrected chi connectivity index (χ1v) is 7.06. The van der Waals surface area contributed by atoms with E-state index in [1.54, 1.807) is 0 Å². The molecule has 0 bridgehead atoms. The van der Waals surface area contributed by atoms with E-state index in [-0.39, 0.29) is 5.41 Å². The van der Waals surface area contributed by atoms with Crippen molar-refractivity contribution in [2.24, 2.45) is 11.1 Å². The molecule has 1 aliphatic rings. The third-order valence-electron chi connectivity index (χ3n) is 4.23. The lowest BCUT2D eigenvalue weighted by atomic mass is 9.86. The summed E-state index contributed by atoms with van der Waals surface area (Å²) in [7, 11) is 4.34. The predicted molar refractivity (Wildman–Crippen MR) is 78.1 cm³/mol. The van der Waals surface area contributed by atoms with Gasteiger partial charge < -0.3 is 15.5 Å². The first-order valence-electron chi connectivity index (χ1n) is 7.06. The van der Waals surface area contributed by atoms with Gasteiger partial charge in [-0.15, -0.1) is 0 Å². The zero-order chi connectivity index (χ0) is 13.8. The van der Waals surface area contributed by atoms with Crippen LogP contribution in [0, 0.1) is 10.8 Å². The second kappa shape index (κ2) is 6.53. The number of unbranched alkanes of at least 4 members (excludes halogenated alkanes) is 1. The summed E-state index contributed by atoms with van der Waals surface area (Å²) in [4.78, 5) is 4.89. The SMILES string of the molecule is CN(C)C1CCN(CCCCC(C)(C)C(=N)N)C1. The largest absolute Gasteiger partial charge is 0.387 e. The van der Waals surface area contributed by atoms with Crippen molar-refractivity contribution in [1.29, 1.82) is 5.41 Å². The van der Waals surface area contributed by atoms with Gasteiger partial charge in [-0.3, -0.25) is 5.41 Å². The lowest BCUT2D eigenvalue weighted by Crippen LogP contribution is -2.32. The number of nitrogens with zero attached hydrogens (tertiary/aromatic N) is 2. The van der Waals surface area contributed by atoms with Crippen LogP contribution in [0.1, 0.15) is 39.5 Å². The van der Waals surface area contributed by atoms with Gasteiger partial charge in [-0.2, -0.15) is 0 Å². The fraction of sp³-hybridized carbons (Fsp3) is 0.929. The van der Waals surface area contributed by atoms with Crippen molar-refractivity contribution in [3.05, 3.63) is 0 Å². The van der Waals surface area contributed by atoms with Crippen LogP contribution in [-0.2, 0) is 0 Å². The van der Waals surface area contributed by atoms with Crippen LogP contribution in [0.4, 0.5) is 0 Å². The van der Waals surface area contributed by atoms with Gasteiger partial charge in [0.15, 0.2) is 0 Å². The number of nitrogens with two attached hydrogens (primary N) is 1. The Labute approximate surface area is 112 Å². The van der Waals surface area contributed by atoms with Crippen molar-refractivity contribution in [3.8, 4) is 0 Å². The van der Waals surface area contributed by atoms with Gasteiger partial charge >= 0.3 is 0 Å². The number of hydrogen-bond acceptors (Lipinski definition) is 3. The normalized spacial score (nSPS) is 21.7. The van der Waals surface area contributed by atoms with Crippen molar-refractivity contribution in [3.63, 3.8) is 0 Å². The highest BCUT2D eigenvalue weighted by atomic mass is 15.2. The van der Waals surface area contributed by atoms with Crippen molar-refractivity contribution in [2.45, 2.75) is 45.6 Å². The molecule has 1 rings (SSSR count). The summed E-state index contributed by atoms with van der Waals surface area (Å²) in [6, 6.07) is 0.735. The number of hydrogen-bond donors (Lipinski definition) is 2. The molecule has 0 amide bonds. The molecule has 1 saturated heterocycles. The highest BCUT2D eigenvalue weighted by Gasteiger charge is 2.24. The maximum atomic E-state index is 7.53. The zero-order valence-corrected chi connectivity index (χ0v) is 12.5. The van der Waals surface area contributed by atoms with Crippen LogP contribution in [-0.4, -0.2) is 55.4 Å². The topological polar surface area (TPSA) is 56.4 Å². The summed E-state index contributed by atoms with van der Waals surface area (Å²) in [5, 5.41) is 7.53. The molecule has 1 heterocycles. The lowest BCUT2D eigenvalue weighted by molar-refractivity contribution is 0.263. The number of nitrogens with one attached hydrogen (secondary N) is 1. The molecule has 0 aromatic carbocycles. The maximum Gasteiger partial charge on any atom is 0.0963 e. The zero-order valence-electron chi connectivity index (χ0n) is 12.5. The molecule has 1 fully saturated rings. The molecule has 18 heavy (non-hydrogen) atoms. The van der Waals surface area contributed by atoms with Crippen molar-refractivity contribution < 1.29 is 0 Å². The molecule has 0 radical (unpaired) electrons. The Bertz CT molecular complexity index is 273. The van der Waals surface area contributed by atoms with E-state index in [0.717, 1.165) is 18.9 Å². The van der Waals surface area contributed by atoms with Crippen molar-refractivity contribution in [1.82, 2.24) is 9.80 Å². The predicted octanol–water partition coefficient (Wildman–Crippen LogP) is 1.75. The van der Waals surface area contributed by atoms with Crippen LogP contribution < -0.4 is 5.73 Å². The minimum absolute atomic E-state index is 0.128. The fourth-order valence-corrected chi connectivity index (χ4v) is 2.47. The molecule has 1 unspecified atom stereocenters. The fourth-order valence-electron chi connectivity index (χ4n) is 2.47. The summed E-state index contributed by atoms with van der Waals surface area (Å²) in [6.45, 7) is 7.76. The van der Waals surface area contributed by atoms with E-state index in [1.807, 2.05) is 0 Å². The van der Waals surface area contributed by atoms with Crippen molar-refractivity contribution >= 4 is 5.84 Å². The number of likely N-dealkylation sites (N-methyl/N-ethyl adjacent to an activating group) is 1. The Balaban J connectivity index is 2.14. The Hall–Kier alpha value is -0.610. The molecule has 0 spiro atoms. The molecule has 1 aliphatic heterocycles. The van der Waals surface area contributed by atoms with E-state index in [2.05, 4.69) is 37.7 Å². The van der Waals surface area contributed by atoms with E-state index in [1.165, 1.54) is 32.5 Å². The van der Waals surface area contributed by atoms with Gasteiger partial charge in [0, 0.05) is 18.0 Å². The van der Waals surface area contributed by atoms with Gasteiger partial charge in [0.25, 0.3) is 0 Å². The quantitative estimate of drug-likeness (QED) is 0.413.